The standard InChI is InChI=1S/C25H29N/c1-24(2,3)20-14-18(15-21(16-20)25(4,5)6)17-26-23-13-9-11-19-10-7-8-12-22(19)23/h7-17H,1-6H3/b26-17+. The Balaban J connectivity index is 2.07. The first-order chi connectivity index (χ1) is 12.1. The van der Waals surface area contributed by atoms with Crippen LogP contribution in [0.3, 0.4) is 0 Å². The van der Waals surface area contributed by atoms with Crippen LogP contribution >= 0.6 is 0 Å². The molecule has 0 bridgehead atoms. The van der Waals surface area contributed by atoms with Crippen molar-refractivity contribution < 1.29 is 0 Å². The fourth-order valence-electron chi connectivity index (χ4n) is 3.06. The van der Waals surface area contributed by atoms with Crippen molar-refractivity contribution in [2.75, 3.05) is 0 Å². The summed E-state index contributed by atoms with van der Waals surface area (Å²) in [5.74, 6) is 0. The molecule has 0 N–H and O–H groups in total. The monoisotopic (exact) mass is 343 g/mol. The van der Waals surface area contributed by atoms with Gasteiger partial charge in [0, 0.05) is 11.6 Å². The topological polar surface area (TPSA) is 12.4 Å². The van der Waals surface area contributed by atoms with Gasteiger partial charge < -0.3 is 0 Å². The van der Waals surface area contributed by atoms with Crippen LogP contribution in [0.15, 0.2) is 65.7 Å². The normalized spacial score (nSPS) is 12.8. The lowest BCUT2D eigenvalue weighted by molar-refractivity contribution is 0.568. The highest BCUT2D eigenvalue weighted by Crippen LogP contribution is 2.30. The molecule has 0 saturated heterocycles. The molecule has 1 heteroatoms. The summed E-state index contributed by atoms with van der Waals surface area (Å²) in [6, 6.07) is 21.6. The first kappa shape index (κ1) is 18.4. The second-order valence-electron chi connectivity index (χ2n) is 9.10. The smallest absolute Gasteiger partial charge is 0.0708 e. The highest BCUT2D eigenvalue weighted by atomic mass is 14.7. The molecule has 0 unspecified atom stereocenters. The van der Waals surface area contributed by atoms with Gasteiger partial charge in [-0.15, -0.1) is 0 Å². The molecule has 3 aromatic carbocycles. The van der Waals surface area contributed by atoms with Crippen LogP contribution in [-0.4, -0.2) is 6.21 Å². The van der Waals surface area contributed by atoms with Gasteiger partial charge in [0.15, 0.2) is 0 Å². The highest BCUT2D eigenvalue weighted by Gasteiger charge is 2.20. The van der Waals surface area contributed by atoms with Crippen molar-refractivity contribution >= 4 is 22.7 Å². The number of nitrogens with zero attached hydrogens (tertiary/aromatic N) is 1. The van der Waals surface area contributed by atoms with Crippen LogP contribution in [0, 0.1) is 0 Å². The Morgan fingerprint density at radius 1 is 0.692 bits per heavy atom. The molecule has 1 nitrogen and oxygen atoms in total. The largest absolute Gasteiger partial charge is 0.256 e. The van der Waals surface area contributed by atoms with Crippen molar-refractivity contribution in [3.05, 3.63) is 77.4 Å². The third-order valence-corrected chi connectivity index (χ3v) is 4.81. The SMILES string of the molecule is CC(C)(C)c1cc(/C=N/c2cccc3ccccc23)cc(C(C)(C)C)c1. The maximum absolute atomic E-state index is 4.83. The van der Waals surface area contributed by atoms with E-state index in [2.05, 4.69) is 102 Å². The van der Waals surface area contributed by atoms with Crippen LogP contribution in [0.1, 0.15) is 58.2 Å². The van der Waals surface area contributed by atoms with E-state index in [1.165, 1.54) is 21.9 Å². The van der Waals surface area contributed by atoms with E-state index in [1.54, 1.807) is 0 Å². The van der Waals surface area contributed by atoms with E-state index < -0.39 is 0 Å². The Hall–Kier alpha value is -2.41. The average Bonchev–Trinajstić information content (AvgIpc) is 2.58. The second kappa shape index (κ2) is 6.72. The molecule has 0 aliphatic heterocycles. The number of fused-ring (bicyclic) bond motifs is 1. The summed E-state index contributed by atoms with van der Waals surface area (Å²) in [6.07, 6.45) is 2.01. The van der Waals surface area contributed by atoms with E-state index in [1.807, 2.05) is 6.21 Å². The molecule has 3 rings (SSSR count). The lowest BCUT2D eigenvalue weighted by atomic mass is 9.79. The van der Waals surface area contributed by atoms with Crippen LogP contribution < -0.4 is 0 Å². The first-order valence-corrected chi connectivity index (χ1v) is 9.32. The molecule has 26 heavy (non-hydrogen) atoms. The van der Waals surface area contributed by atoms with Crippen LogP contribution in [-0.2, 0) is 10.8 Å². The van der Waals surface area contributed by atoms with Crippen molar-refractivity contribution in [1.29, 1.82) is 0 Å². The third kappa shape index (κ3) is 4.04. The van der Waals surface area contributed by atoms with Crippen molar-refractivity contribution in [3.63, 3.8) is 0 Å². The maximum atomic E-state index is 4.83. The summed E-state index contributed by atoms with van der Waals surface area (Å²) in [7, 11) is 0. The Morgan fingerprint density at radius 3 is 1.88 bits per heavy atom. The van der Waals surface area contributed by atoms with Gasteiger partial charge >= 0.3 is 0 Å². The number of benzene rings is 3. The van der Waals surface area contributed by atoms with Crippen LogP contribution in [0.5, 0.6) is 0 Å². The molecule has 0 heterocycles. The number of aliphatic imine (C=N–C) groups is 1. The zero-order chi connectivity index (χ0) is 18.9. The molecular weight excluding hydrogens is 314 g/mol. The van der Waals surface area contributed by atoms with Gasteiger partial charge in [-0.3, -0.25) is 4.99 Å². The van der Waals surface area contributed by atoms with Gasteiger partial charge in [0.1, 0.15) is 0 Å². The fraction of sp³-hybridized carbons (Fsp3) is 0.320. The van der Waals surface area contributed by atoms with Gasteiger partial charge in [-0.25, -0.2) is 0 Å². The van der Waals surface area contributed by atoms with Crippen molar-refractivity contribution in [2.24, 2.45) is 4.99 Å². The number of hydrogen-bond donors (Lipinski definition) is 0. The van der Waals surface area contributed by atoms with Crippen molar-refractivity contribution in [3.8, 4) is 0 Å². The lowest BCUT2D eigenvalue weighted by Crippen LogP contribution is -2.17. The predicted octanol–water partition coefficient (Wildman–Crippen LogP) is 7.19. The van der Waals surface area contributed by atoms with Gasteiger partial charge in [0.25, 0.3) is 0 Å². The Morgan fingerprint density at radius 2 is 1.27 bits per heavy atom. The molecule has 0 fully saturated rings. The minimum absolute atomic E-state index is 0.114. The molecule has 0 amide bonds. The number of rotatable bonds is 2. The van der Waals surface area contributed by atoms with E-state index in [0.717, 1.165) is 11.3 Å². The van der Waals surface area contributed by atoms with Gasteiger partial charge in [-0.2, -0.15) is 0 Å². The maximum Gasteiger partial charge on any atom is 0.0708 e. The third-order valence-electron chi connectivity index (χ3n) is 4.81. The van der Waals surface area contributed by atoms with Crippen LogP contribution in [0.2, 0.25) is 0 Å². The van der Waals surface area contributed by atoms with Gasteiger partial charge in [-0.05, 0) is 51.1 Å². The van der Waals surface area contributed by atoms with Gasteiger partial charge in [0.2, 0.25) is 0 Å². The summed E-state index contributed by atoms with van der Waals surface area (Å²) < 4.78 is 0. The molecule has 134 valence electrons. The minimum Gasteiger partial charge on any atom is -0.256 e. The van der Waals surface area contributed by atoms with E-state index in [4.69, 9.17) is 4.99 Å². The van der Waals surface area contributed by atoms with E-state index in [0.29, 0.717) is 0 Å². The van der Waals surface area contributed by atoms with E-state index in [9.17, 15) is 0 Å². The number of hydrogen-bond acceptors (Lipinski definition) is 1. The quantitative estimate of drug-likeness (QED) is 0.437. The summed E-state index contributed by atoms with van der Waals surface area (Å²) in [6.45, 7) is 13.6. The summed E-state index contributed by atoms with van der Waals surface area (Å²) >= 11 is 0. The van der Waals surface area contributed by atoms with E-state index in [-0.39, 0.29) is 10.8 Å². The molecule has 0 atom stereocenters. The lowest BCUT2D eigenvalue weighted by Gasteiger charge is -2.25. The Bertz CT molecular complexity index is 912. The minimum atomic E-state index is 0.114. The van der Waals surface area contributed by atoms with Gasteiger partial charge in [-0.1, -0.05) is 84.0 Å². The highest BCUT2D eigenvalue weighted by molar-refractivity contribution is 5.95. The average molecular weight is 344 g/mol. The zero-order valence-electron chi connectivity index (χ0n) is 16.8. The molecule has 0 spiro atoms. The predicted molar refractivity (Wildman–Crippen MR) is 115 cm³/mol. The molecule has 0 saturated carbocycles. The first-order valence-electron chi connectivity index (χ1n) is 9.32. The zero-order valence-corrected chi connectivity index (χ0v) is 16.8. The molecule has 0 aliphatic carbocycles. The second-order valence-corrected chi connectivity index (χ2v) is 9.10. The van der Waals surface area contributed by atoms with Crippen LogP contribution in [0.4, 0.5) is 5.69 Å². The summed E-state index contributed by atoms with van der Waals surface area (Å²) in [5, 5.41) is 2.41. The molecule has 3 aromatic rings. The van der Waals surface area contributed by atoms with Crippen LogP contribution in [0.25, 0.3) is 10.8 Å². The molecule has 0 aliphatic rings. The Kier molecular flexibility index (Phi) is 4.75. The summed E-state index contributed by atoms with van der Waals surface area (Å²) in [5.41, 5.74) is 5.11. The van der Waals surface area contributed by atoms with Crippen molar-refractivity contribution in [1.82, 2.24) is 0 Å². The molecule has 0 aromatic heterocycles. The molecular formula is C25H29N. The Labute approximate surface area is 157 Å². The summed E-state index contributed by atoms with van der Waals surface area (Å²) in [4.78, 5) is 4.83. The van der Waals surface area contributed by atoms with E-state index >= 15 is 0 Å². The fourth-order valence-corrected chi connectivity index (χ4v) is 3.06. The molecule has 0 radical (unpaired) electrons. The van der Waals surface area contributed by atoms with Crippen molar-refractivity contribution in [2.45, 2.75) is 52.4 Å². The van der Waals surface area contributed by atoms with Gasteiger partial charge in [0.05, 0.1) is 5.69 Å².